The molecule has 0 spiro atoms. The van der Waals surface area contributed by atoms with Crippen LogP contribution >= 0.6 is 0 Å². The molecule has 0 radical (unpaired) electrons. The molecule has 1 nitrogen and oxygen atoms in total. The highest BCUT2D eigenvalue weighted by Gasteiger charge is 2.33. The van der Waals surface area contributed by atoms with Gasteiger partial charge in [0.25, 0.3) is 0 Å². The molecule has 0 aromatic heterocycles. The second kappa shape index (κ2) is 7.11. The fraction of sp³-hybridized carbons (Fsp3) is 1.00. The fourth-order valence-electron chi connectivity index (χ4n) is 2.89. The Kier molecular flexibility index (Phi) is 7.09. The summed E-state index contributed by atoms with van der Waals surface area (Å²) in [6.45, 7) is 24.7. The van der Waals surface area contributed by atoms with Crippen LogP contribution in [0, 0.1) is 29.1 Å². The number of hydrogen-bond acceptors (Lipinski definition) is 1. The van der Waals surface area contributed by atoms with Gasteiger partial charge in [-0.1, -0.05) is 55.4 Å². The molecule has 4 unspecified atom stereocenters. The van der Waals surface area contributed by atoms with E-state index in [1.807, 2.05) is 0 Å². The Balaban J connectivity index is 4.60. The highest BCUT2D eigenvalue weighted by atomic mass is 15.0. The van der Waals surface area contributed by atoms with Gasteiger partial charge in [0.2, 0.25) is 0 Å². The zero-order valence-electron chi connectivity index (χ0n) is 15.2. The molecular weight excluding hydrogens is 230 g/mol. The Bertz CT molecular complexity index is 249. The van der Waals surface area contributed by atoms with Crippen LogP contribution in [-0.2, 0) is 0 Å². The van der Waals surface area contributed by atoms with E-state index in [-0.39, 0.29) is 5.54 Å². The van der Waals surface area contributed by atoms with Crippen LogP contribution in [0.4, 0.5) is 0 Å². The SMILES string of the molecule is CCNC(C)(C)C(C)C(C)C(C)CC(C)C(C)(C)C. The van der Waals surface area contributed by atoms with Crippen molar-refractivity contribution in [2.24, 2.45) is 29.1 Å². The minimum Gasteiger partial charge on any atom is -0.312 e. The van der Waals surface area contributed by atoms with Gasteiger partial charge in [-0.05, 0) is 55.9 Å². The van der Waals surface area contributed by atoms with Gasteiger partial charge in [0.15, 0.2) is 0 Å². The van der Waals surface area contributed by atoms with Gasteiger partial charge in [-0.3, -0.25) is 0 Å². The molecule has 0 aliphatic carbocycles. The molecule has 0 saturated heterocycles. The van der Waals surface area contributed by atoms with E-state index in [2.05, 4.69) is 74.6 Å². The lowest BCUT2D eigenvalue weighted by Gasteiger charge is -2.40. The molecule has 1 N–H and O–H groups in total. The smallest absolute Gasteiger partial charge is 0.0153 e. The third kappa shape index (κ3) is 5.85. The van der Waals surface area contributed by atoms with Gasteiger partial charge < -0.3 is 5.32 Å². The maximum absolute atomic E-state index is 3.64. The minimum atomic E-state index is 0.230. The number of nitrogens with one attached hydrogen (secondary N) is 1. The predicted octanol–water partition coefficient (Wildman–Crippen LogP) is 5.36. The summed E-state index contributed by atoms with van der Waals surface area (Å²) in [5, 5.41) is 3.64. The minimum absolute atomic E-state index is 0.230. The van der Waals surface area contributed by atoms with Crippen molar-refractivity contribution in [3.63, 3.8) is 0 Å². The fourth-order valence-corrected chi connectivity index (χ4v) is 2.89. The molecule has 0 aromatic carbocycles. The number of rotatable bonds is 7. The summed E-state index contributed by atoms with van der Waals surface area (Å²) in [5.74, 6) is 3.00. The van der Waals surface area contributed by atoms with Crippen LogP contribution in [0.2, 0.25) is 0 Å². The van der Waals surface area contributed by atoms with Gasteiger partial charge in [-0.15, -0.1) is 0 Å². The van der Waals surface area contributed by atoms with Crippen molar-refractivity contribution in [2.45, 2.75) is 81.2 Å². The molecule has 0 rings (SSSR count). The van der Waals surface area contributed by atoms with Gasteiger partial charge in [-0.25, -0.2) is 0 Å². The summed E-state index contributed by atoms with van der Waals surface area (Å²) in [6, 6.07) is 0. The molecule has 0 aliphatic heterocycles. The average molecular weight is 270 g/mol. The lowest BCUT2D eigenvalue weighted by Crippen LogP contribution is -2.48. The summed E-state index contributed by atoms with van der Waals surface area (Å²) >= 11 is 0. The van der Waals surface area contributed by atoms with Crippen LogP contribution in [0.5, 0.6) is 0 Å². The van der Waals surface area contributed by atoms with Crippen LogP contribution < -0.4 is 5.32 Å². The summed E-state index contributed by atoms with van der Waals surface area (Å²) in [4.78, 5) is 0. The summed E-state index contributed by atoms with van der Waals surface area (Å²) in [5.41, 5.74) is 0.655. The van der Waals surface area contributed by atoms with Crippen LogP contribution in [-0.4, -0.2) is 12.1 Å². The molecule has 0 saturated carbocycles. The zero-order chi connectivity index (χ0) is 15.4. The third-order valence-corrected chi connectivity index (χ3v) is 5.66. The quantitative estimate of drug-likeness (QED) is 0.656. The van der Waals surface area contributed by atoms with Crippen molar-refractivity contribution < 1.29 is 0 Å². The van der Waals surface area contributed by atoms with E-state index in [0.29, 0.717) is 11.3 Å². The van der Waals surface area contributed by atoms with Crippen molar-refractivity contribution in [2.75, 3.05) is 6.54 Å². The largest absolute Gasteiger partial charge is 0.312 e. The molecule has 0 bridgehead atoms. The molecule has 0 amide bonds. The van der Waals surface area contributed by atoms with Crippen molar-refractivity contribution in [3.05, 3.63) is 0 Å². The van der Waals surface area contributed by atoms with Gasteiger partial charge in [-0.2, -0.15) is 0 Å². The summed E-state index contributed by atoms with van der Waals surface area (Å²) in [6.07, 6.45) is 1.33. The monoisotopic (exact) mass is 269 g/mol. The Labute approximate surface area is 122 Å². The molecule has 19 heavy (non-hydrogen) atoms. The first-order chi connectivity index (χ1) is 8.43. The molecule has 116 valence electrons. The average Bonchev–Trinajstić information content (AvgIpc) is 2.25. The Hall–Kier alpha value is -0.0400. The van der Waals surface area contributed by atoms with Gasteiger partial charge >= 0.3 is 0 Å². The topological polar surface area (TPSA) is 12.0 Å². The first-order valence-electron chi connectivity index (χ1n) is 8.18. The van der Waals surface area contributed by atoms with Crippen molar-refractivity contribution >= 4 is 0 Å². The van der Waals surface area contributed by atoms with E-state index < -0.39 is 0 Å². The maximum Gasteiger partial charge on any atom is 0.0153 e. The maximum atomic E-state index is 3.64. The lowest BCUT2D eigenvalue weighted by molar-refractivity contribution is 0.127. The summed E-state index contributed by atoms with van der Waals surface area (Å²) in [7, 11) is 0. The zero-order valence-corrected chi connectivity index (χ0v) is 15.2. The Morgan fingerprint density at radius 1 is 0.895 bits per heavy atom. The second-order valence-corrected chi connectivity index (χ2v) is 8.38. The van der Waals surface area contributed by atoms with E-state index in [9.17, 15) is 0 Å². The molecule has 1 heteroatoms. The Morgan fingerprint density at radius 3 is 1.74 bits per heavy atom. The van der Waals surface area contributed by atoms with Crippen molar-refractivity contribution in [1.29, 1.82) is 0 Å². The van der Waals surface area contributed by atoms with Crippen LogP contribution in [0.3, 0.4) is 0 Å². The molecule has 0 aromatic rings. The first kappa shape index (κ1) is 19.0. The van der Waals surface area contributed by atoms with Crippen molar-refractivity contribution in [3.8, 4) is 0 Å². The first-order valence-corrected chi connectivity index (χ1v) is 8.18. The molecule has 4 atom stereocenters. The highest BCUT2D eigenvalue weighted by molar-refractivity contribution is 4.88. The van der Waals surface area contributed by atoms with E-state index >= 15 is 0 Å². The normalized spacial score (nSPS) is 19.9. The van der Waals surface area contributed by atoms with E-state index in [1.165, 1.54) is 6.42 Å². The van der Waals surface area contributed by atoms with Gasteiger partial charge in [0.1, 0.15) is 0 Å². The molecule has 0 fully saturated rings. The summed E-state index contributed by atoms with van der Waals surface area (Å²) < 4.78 is 0. The van der Waals surface area contributed by atoms with Crippen LogP contribution in [0.25, 0.3) is 0 Å². The van der Waals surface area contributed by atoms with E-state index in [4.69, 9.17) is 0 Å². The van der Waals surface area contributed by atoms with Crippen LogP contribution in [0.1, 0.15) is 75.7 Å². The standard InChI is InChI=1S/C18H39N/c1-11-19-18(9,10)16(5)15(4)13(2)12-14(3)17(6,7)8/h13-16,19H,11-12H2,1-10H3. The molecular formula is C18H39N. The van der Waals surface area contributed by atoms with Gasteiger partial charge in [0.05, 0.1) is 0 Å². The van der Waals surface area contributed by atoms with Crippen LogP contribution in [0.15, 0.2) is 0 Å². The Morgan fingerprint density at radius 2 is 1.37 bits per heavy atom. The van der Waals surface area contributed by atoms with E-state index in [1.54, 1.807) is 0 Å². The van der Waals surface area contributed by atoms with Crippen molar-refractivity contribution in [1.82, 2.24) is 5.32 Å². The molecule has 0 aliphatic rings. The lowest BCUT2D eigenvalue weighted by atomic mass is 9.69. The third-order valence-electron chi connectivity index (χ3n) is 5.66. The number of hydrogen-bond donors (Lipinski definition) is 1. The second-order valence-electron chi connectivity index (χ2n) is 8.38. The molecule has 0 heterocycles. The predicted molar refractivity (Wildman–Crippen MR) is 88.5 cm³/mol. The van der Waals surface area contributed by atoms with E-state index in [0.717, 1.165) is 24.3 Å². The highest BCUT2D eigenvalue weighted by Crippen LogP contribution is 2.37. The van der Waals surface area contributed by atoms with Gasteiger partial charge in [0, 0.05) is 5.54 Å².